The average molecular weight is 328 g/mol. The number of hydrogen-bond donors (Lipinski definition) is 1. The molecule has 21 heavy (non-hydrogen) atoms. The van der Waals surface area contributed by atoms with Crippen LogP contribution in [-0.2, 0) is 22.9 Å². The molecule has 3 nitrogen and oxygen atoms in total. The van der Waals surface area contributed by atoms with E-state index < -0.39 is 10.0 Å². The molecule has 1 fully saturated rings. The highest BCUT2D eigenvalue weighted by Crippen LogP contribution is 2.28. The lowest BCUT2D eigenvalue weighted by molar-refractivity contribution is 0.314. The molecule has 0 spiro atoms. The molecule has 1 N–H and O–H groups in total. The molecule has 2 unspecified atom stereocenters. The number of nitrogens with one attached hydrogen (secondary N) is 1. The number of alkyl halides is 1. The molecular formula is C16H22ClNO2S. The number of hydrogen-bond acceptors (Lipinski definition) is 2. The van der Waals surface area contributed by atoms with Crippen molar-refractivity contribution in [1.29, 1.82) is 0 Å². The molecule has 0 heterocycles. The van der Waals surface area contributed by atoms with Crippen LogP contribution in [0.4, 0.5) is 0 Å². The molecule has 2 atom stereocenters. The van der Waals surface area contributed by atoms with Gasteiger partial charge in [-0.25, -0.2) is 13.1 Å². The van der Waals surface area contributed by atoms with Gasteiger partial charge in [0.1, 0.15) is 0 Å². The maximum atomic E-state index is 12.6. The van der Waals surface area contributed by atoms with Crippen LogP contribution in [0.25, 0.3) is 0 Å². The van der Waals surface area contributed by atoms with Gasteiger partial charge in [0.2, 0.25) is 10.0 Å². The number of aryl methyl sites for hydroxylation is 2. The predicted octanol–water partition coefficient (Wildman–Crippen LogP) is 3.25. The molecule has 1 saturated carbocycles. The summed E-state index contributed by atoms with van der Waals surface area (Å²) in [4.78, 5) is 0.405. The first-order valence-electron chi connectivity index (χ1n) is 7.80. The normalized spacial score (nSPS) is 25.8. The van der Waals surface area contributed by atoms with Crippen molar-refractivity contribution in [2.45, 2.75) is 55.9 Å². The summed E-state index contributed by atoms with van der Waals surface area (Å²) in [6.07, 6.45) is 7.32. The zero-order valence-corrected chi connectivity index (χ0v) is 13.7. The fourth-order valence-electron chi connectivity index (χ4n) is 3.53. The summed E-state index contributed by atoms with van der Waals surface area (Å²) in [5.74, 6) is 0.779. The van der Waals surface area contributed by atoms with Gasteiger partial charge in [0.05, 0.1) is 4.90 Å². The lowest BCUT2D eigenvalue weighted by atomic mass is 9.86. The fraction of sp³-hybridized carbons (Fsp3) is 0.625. The van der Waals surface area contributed by atoms with E-state index in [-0.39, 0.29) is 12.0 Å². The lowest BCUT2D eigenvalue weighted by Gasteiger charge is -2.30. The zero-order valence-electron chi connectivity index (χ0n) is 12.1. The minimum Gasteiger partial charge on any atom is -0.208 e. The van der Waals surface area contributed by atoms with Crippen LogP contribution in [0.5, 0.6) is 0 Å². The first kappa shape index (κ1) is 15.3. The van der Waals surface area contributed by atoms with Crippen LogP contribution < -0.4 is 4.72 Å². The maximum absolute atomic E-state index is 12.6. The molecule has 0 radical (unpaired) electrons. The topological polar surface area (TPSA) is 46.2 Å². The number of sulfonamides is 1. The van der Waals surface area contributed by atoms with E-state index in [0.29, 0.717) is 10.8 Å². The minimum absolute atomic E-state index is 0.0190. The smallest absolute Gasteiger partial charge is 0.208 e. The van der Waals surface area contributed by atoms with E-state index in [1.807, 2.05) is 12.1 Å². The Kier molecular flexibility index (Phi) is 4.57. The second-order valence-electron chi connectivity index (χ2n) is 6.21. The van der Waals surface area contributed by atoms with Crippen molar-refractivity contribution in [1.82, 2.24) is 4.72 Å². The van der Waals surface area contributed by atoms with Crippen LogP contribution in [0.3, 0.4) is 0 Å². The Morgan fingerprint density at radius 1 is 1.10 bits per heavy atom. The van der Waals surface area contributed by atoms with Gasteiger partial charge in [-0.3, -0.25) is 0 Å². The molecule has 1 aromatic rings. The first-order chi connectivity index (χ1) is 10.1. The summed E-state index contributed by atoms with van der Waals surface area (Å²) in [5.41, 5.74) is 2.49. The highest BCUT2D eigenvalue weighted by molar-refractivity contribution is 7.89. The van der Waals surface area contributed by atoms with Crippen LogP contribution in [0.15, 0.2) is 23.1 Å². The van der Waals surface area contributed by atoms with Crippen molar-refractivity contribution < 1.29 is 8.42 Å². The fourth-order valence-corrected chi connectivity index (χ4v) is 5.29. The van der Waals surface area contributed by atoms with Crippen molar-refractivity contribution in [2.75, 3.05) is 5.88 Å². The van der Waals surface area contributed by atoms with E-state index in [9.17, 15) is 8.42 Å². The Morgan fingerprint density at radius 3 is 2.67 bits per heavy atom. The molecule has 5 heteroatoms. The minimum atomic E-state index is -3.43. The Hall–Kier alpha value is -0.580. The third-order valence-corrected chi connectivity index (χ3v) is 6.68. The maximum Gasteiger partial charge on any atom is 0.240 e. The quantitative estimate of drug-likeness (QED) is 0.863. The summed E-state index contributed by atoms with van der Waals surface area (Å²) >= 11 is 5.99. The first-order valence-corrected chi connectivity index (χ1v) is 9.82. The third kappa shape index (κ3) is 3.27. The van der Waals surface area contributed by atoms with Crippen molar-refractivity contribution in [3.05, 3.63) is 29.3 Å². The van der Waals surface area contributed by atoms with E-state index in [1.165, 1.54) is 11.1 Å². The van der Waals surface area contributed by atoms with Crippen LogP contribution >= 0.6 is 11.6 Å². The number of halogens is 1. The molecule has 0 aromatic heterocycles. The van der Waals surface area contributed by atoms with Gasteiger partial charge in [0.25, 0.3) is 0 Å². The Morgan fingerprint density at radius 2 is 1.86 bits per heavy atom. The Balaban J connectivity index is 1.80. The van der Waals surface area contributed by atoms with Crippen LogP contribution in [0.2, 0.25) is 0 Å². The monoisotopic (exact) mass is 327 g/mol. The SMILES string of the molecule is O=S(=O)(NC1CCCCC1CCl)c1ccc2c(c1)CCC2. The van der Waals surface area contributed by atoms with E-state index in [1.54, 1.807) is 6.07 Å². The molecule has 2 aliphatic rings. The largest absolute Gasteiger partial charge is 0.240 e. The standard InChI is InChI=1S/C16H22ClNO2S/c17-11-14-4-1-2-7-16(14)18-21(19,20)15-9-8-12-5-3-6-13(12)10-15/h8-10,14,16,18H,1-7,11H2. The molecule has 2 aliphatic carbocycles. The molecule has 0 amide bonds. The summed E-state index contributed by atoms with van der Waals surface area (Å²) in [6, 6.07) is 5.54. The molecule has 116 valence electrons. The van der Waals surface area contributed by atoms with Gasteiger partial charge in [-0.2, -0.15) is 0 Å². The van der Waals surface area contributed by atoms with Gasteiger partial charge >= 0.3 is 0 Å². The van der Waals surface area contributed by atoms with Crippen molar-refractivity contribution in [3.8, 4) is 0 Å². The lowest BCUT2D eigenvalue weighted by Crippen LogP contribution is -2.42. The number of rotatable bonds is 4. The van der Waals surface area contributed by atoms with E-state index in [2.05, 4.69) is 4.72 Å². The van der Waals surface area contributed by atoms with Crippen LogP contribution in [0, 0.1) is 5.92 Å². The average Bonchev–Trinajstić information content (AvgIpc) is 2.95. The Bertz CT molecular complexity index is 615. The van der Waals surface area contributed by atoms with Crippen LogP contribution in [-0.4, -0.2) is 20.3 Å². The van der Waals surface area contributed by atoms with Crippen molar-refractivity contribution >= 4 is 21.6 Å². The van der Waals surface area contributed by atoms with Gasteiger partial charge in [-0.15, -0.1) is 11.6 Å². The van der Waals surface area contributed by atoms with Crippen LogP contribution in [0.1, 0.15) is 43.2 Å². The van der Waals surface area contributed by atoms with E-state index >= 15 is 0 Å². The van der Waals surface area contributed by atoms with E-state index in [4.69, 9.17) is 11.6 Å². The zero-order chi connectivity index (χ0) is 14.9. The molecule has 1 aromatic carbocycles. The highest BCUT2D eigenvalue weighted by atomic mass is 35.5. The van der Waals surface area contributed by atoms with E-state index in [0.717, 1.165) is 44.9 Å². The van der Waals surface area contributed by atoms with Crippen molar-refractivity contribution in [2.24, 2.45) is 5.92 Å². The summed E-state index contributed by atoms with van der Waals surface area (Å²) in [6.45, 7) is 0. The third-order valence-electron chi connectivity index (χ3n) is 4.79. The molecule has 0 aliphatic heterocycles. The second-order valence-corrected chi connectivity index (χ2v) is 8.23. The summed E-state index contributed by atoms with van der Waals surface area (Å²) in [7, 11) is -3.43. The summed E-state index contributed by atoms with van der Waals surface area (Å²) < 4.78 is 28.1. The van der Waals surface area contributed by atoms with Gasteiger partial charge in [-0.1, -0.05) is 18.9 Å². The van der Waals surface area contributed by atoms with Gasteiger partial charge < -0.3 is 0 Å². The Labute approximate surface area is 132 Å². The number of benzene rings is 1. The molecule has 0 bridgehead atoms. The number of fused-ring (bicyclic) bond motifs is 1. The molecule has 0 saturated heterocycles. The predicted molar refractivity (Wildman–Crippen MR) is 85.3 cm³/mol. The second kappa shape index (κ2) is 6.27. The highest BCUT2D eigenvalue weighted by Gasteiger charge is 2.29. The molecule has 3 rings (SSSR count). The van der Waals surface area contributed by atoms with Gasteiger partial charge in [0.15, 0.2) is 0 Å². The van der Waals surface area contributed by atoms with Crippen molar-refractivity contribution in [3.63, 3.8) is 0 Å². The summed E-state index contributed by atoms with van der Waals surface area (Å²) in [5, 5.41) is 0. The van der Waals surface area contributed by atoms with Gasteiger partial charge in [0, 0.05) is 11.9 Å². The molecular weight excluding hydrogens is 306 g/mol. The van der Waals surface area contributed by atoms with Gasteiger partial charge in [-0.05, 0) is 61.3 Å².